The van der Waals surface area contributed by atoms with Crippen LogP contribution in [0.1, 0.15) is 38.8 Å². The number of hydrogen-bond acceptors (Lipinski definition) is 1. The molecule has 2 rings (SSSR count). The zero-order chi connectivity index (χ0) is 18.4. The monoisotopic (exact) mass is 342 g/mol. The van der Waals surface area contributed by atoms with Crippen LogP contribution < -0.4 is 5.32 Å². The zero-order valence-electron chi connectivity index (χ0n) is 15.4. The normalized spacial score (nSPS) is 11.4. The summed E-state index contributed by atoms with van der Waals surface area (Å²) in [6.07, 6.45) is 0. The van der Waals surface area contributed by atoms with Crippen LogP contribution in [0.3, 0.4) is 0 Å². The minimum Gasteiger partial charge on any atom is -0.337 e. The van der Waals surface area contributed by atoms with Gasteiger partial charge in [0.15, 0.2) is 0 Å². The molecule has 2 aromatic carbocycles. The van der Waals surface area contributed by atoms with E-state index in [1.807, 2.05) is 62.9 Å². The van der Waals surface area contributed by atoms with E-state index in [0.29, 0.717) is 13.1 Å². The minimum absolute atomic E-state index is 0.0889. The maximum Gasteiger partial charge on any atom is 0.317 e. The van der Waals surface area contributed by atoms with Gasteiger partial charge in [0.25, 0.3) is 0 Å². The molecule has 0 fully saturated rings. The predicted octanol–water partition coefficient (Wildman–Crippen LogP) is 4.72. The van der Waals surface area contributed by atoms with E-state index in [1.54, 1.807) is 12.1 Å². The van der Waals surface area contributed by atoms with Gasteiger partial charge in [0, 0.05) is 24.5 Å². The number of amides is 2. The molecule has 134 valence electrons. The molecule has 4 heteroatoms. The Balaban J connectivity index is 2.01. The van der Waals surface area contributed by atoms with Crippen molar-refractivity contribution in [3.63, 3.8) is 0 Å². The third-order valence-corrected chi connectivity index (χ3v) is 4.39. The second-order valence-corrected chi connectivity index (χ2v) is 7.26. The fraction of sp³-hybridized carbons (Fsp3) is 0.381. The third kappa shape index (κ3) is 5.31. The molecule has 0 saturated heterocycles. The van der Waals surface area contributed by atoms with Crippen molar-refractivity contribution in [3.8, 4) is 0 Å². The van der Waals surface area contributed by atoms with Crippen LogP contribution in [-0.4, -0.2) is 23.5 Å². The van der Waals surface area contributed by atoms with Crippen LogP contribution in [0.4, 0.5) is 9.18 Å². The number of halogens is 1. The highest BCUT2D eigenvalue weighted by molar-refractivity contribution is 5.74. The molecule has 0 aliphatic rings. The number of nitrogens with one attached hydrogen (secondary N) is 1. The van der Waals surface area contributed by atoms with Crippen molar-refractivity contribution in [2.24, 2.45) is 0 Å². The average Bonchev–Trinajstić information content (AvgIpc) is 2.59. The Morgan fingerprint density at radius 3 is 2.24 bits per heavy atom. The summed E-state index contributed by atoms with van der Waals surface area (Å²) in [6, 6.07) is 16.4. The van der Waals surface area contributed by atoms with Gasteiger partial charge in [-0.05, 0) is 37.1 Å². The standard InChI is InChI=1S/C21H27FN2O/c1-16(2)24(14-17-8-6-5-7-9-17)20(25)23-15-21(3,4)18-10-12-19(22)13-11-18/h5-13,16H,14-15H2,1-4H3,(H,23,25). The molecule has 0 aliphatic heterocycles. The molecular formula is C21H27FN2O. The van der Waals surface area contributed by atoms with Crippen molar-refractivity contribution < 1.29 is 9.18 Å². The van der Waals surface area contributed by atoms with Crippen LogP contribution >= 0.6 is 0 Å². The van der Waals surface area contributed by atoms with Crippen LogP contribution in [0, 0.1) is 5.82 Å². The van der Waals surface area contributed by atoms with Crippen LogP contribution in [0.25, 0.3) is 0 Å². The second-order valence-electron chi connectivity index (χ2n) is 7.26. The lowest BCUT2D eigenvalue weighted by atomic mass is 9.84. The lowest BCUT2D eigenvalue weighted by molar-refractivity contribution is 0.177. The molecule has 0 radical (unpaired) electrons. The molecule has 0 bridgehead atoms. The molecule has 0 saturated carbocycles. The first-order valence-corrected chi connectivity index (χ1v) is 8.64. The van der Waals surface area contributed by atoms with E-state index in [0.717, 1.165) is 11.1 Å². The topological polar surface area (TPSA) is 32.3 Å². The van der Waals surface area contributed by atoms with Gasteiger partial charge in [0.05, 0.1) is 0 Å². The molecule has 0 aromatic heterocycles. The number of benzene rings is 2. The van der Waals surface area contributed by atoms with E-state index < -0.39 is 0 Å². The number of hydrogen-bond donors (Lipinski definition) is 1. The van der Waals surface area contributed by atoms with Crippen molar-refractivity contribution in [2.75, 3.05) is 6.54 Å². The van der Waals surface area contributed by atoms with Gasteiger partial charge in [-0.25, -0.2) is 9.18 Å². The minimum atomic E-state index is -0.279. The van der Waals surface area contributed by atoms with E-state index in [9.17, 15) is 9.18 Å². The Morgan fingerprint density at radius 2 is 1.68 bits per heavy atom. The van der Waals surface area contributed by atoms with Gasteiger partial charge in [-0.3, -0.25) is 0 Å². The van der Waals surface area contributed by atoms with Crippen LogP contribution in [0.15, 0.2) is 54.6 Å². The summed E-state index contributed by atoms with van der Waals surface area (Å²) in [4.78, 5) is 14.5. The van der Waals surface area contributed by atoms with Crippen molar-refractivity contribution in [1.82, 2.24) is 10.2 Å². The molecule has 0 unspecified atom stereocenters. The van der Waals surface area contributed by atoms with E-state index in [2.05, 4.69) is 5.32 Å². The summed E-state index contributed by atoms with van der Waals surface area (Å²) in [5.74, 6) is -0.252. The second kappa shape index (κ2) is 8.15. The largest absolute Gasteiger partial charge is 0.337 e. The van der Waals surface area contributed by atoms with Crippen molar-refractivity contribution in [2.45, 2.75) is 45.7 Å². The Bertz CT molecular complexity index is 681. The quantitative estimate of drug-likeness (QED) is 0.809. The highest BCUT2D eigenvalue weighted by atomic mass is 19.1. The number of carbonyl (C=O) groups excluding carboxylic acids is 1. The van der Waals surface area contributed by atoms with Crippen molar-refractivity contribution in [1.29, 1.82) is 0 Å². The maximum atomic E-state index is 13.1. The Labute approximate surface area is 149 Å². The van der Waals surface area contributed by atoms with Crippen molar-refractivity contribution >= 4 is 6.03 Å². The third-order valence-electron chi connectivity index (χ3n) is 4.39. The first-order valence-electron chi connectivity index (χ1n) is 8.64. The average molecular weight is 342 g/mol. The summed E-state index contributed by atoms with van der Waals surface area (Å²) in [5.41, 5.74) is 1.82. The summed E-state index contributed by atoms with van der Waals surface area (Å²) >= 11 is 0. The molecule has 25 heavy (non-hydrogen) atoms. The van der Waals surface area contributed by atoms with E-state index in [4.69, 9.17) is 0 Å². The summed E-state index contributed by atoms with van der Waals surface area (Å²) < 4.78 is 13.1. The van der Waals surface area contributed by atoms with Gasteiger partial charge >= 0.3 is 6.03 Å². The Hall–Kier alpha value is -2.36. The highest BCUT2D eigenvalue weighted by Crippen LogP contribution is 2.22. The lowest BCUT2D eigenvalue weighted by Crippen LogP contribution is -2.47. The maximum absolute atomic E-state index is 13.1. The van der Waals surface area contributed by atoms with Gasteiger partial charge in [-0.2, -0.15) is 0 Å². The first-order chi connectivity index (χ1) is 11.8. The molecule has 0 aliphatic carbocycles. The van der Waals surface area contributed by atoms with Crippen LogP contribution in [0.5, 0.6) is 0 Å². The molecule has 1 N–H and O–H groups in total. The molecule has 3 nitrogen and oxygen atoms in total. The fourth-order valence-electron chi connectivity index (χ4n) is 2.67. The van der Waals surface area contributed by atoms with E-state index in [1.165, 1.54) is 12.1 Å². The van der Waals surface area contributed by atoms with Crippen LogP contribution in [0.2, 0.25) is 0 Å². The number of carbonyl (C=O) groups is 1. The van der Waals surface area contributed by atoms with E-state index >= 15 is 0 Å². The summed E-state index contributed by atoms with van der Waals surface area (Å²) in [5, 5.41) is 3.03. The number of urea groups is 1. The highest BCUT2D eigenvalue weighted by Gasteiger charge is 2.24. The molecule has 0 atom stereocenters. The van der Waals surface area contributed by atoms with Gasteiger partial charge in [-0.15, -0.1) is 0 Å². The number of nitrogens with zero attached hydrogens (tertiary/aromatic N) is 1. The van der Waals surface area contributed by atoms with Crippen LogP contribution in [-0.2, 0) is 12.0 Å². The summed E-state index contributed by atoms with van der Waals surface area (Å²) in [7, 11) is 0. The first kappa shape index (κ1) is 19.0. The smallest absolute Gasteiger partial charge is 0.317 e. The van der Waals surface area contributed by atoms with E-state index in [-0.39, 0.29) is 23.3 Å². The van der Waals surface area contributed by atoms with Gasteiger partial charge in [0.1, 0.15) is 5.82 Å². The zero-order valence-corrected chi connectivity index (χ0v) is 15.4. The molecular weight excluding hydrogens is 315 g/mol. The van der Waals surface area contributed by atoms with Gasteiger partial charge in [-0.1, -0.05) is 56.3 Å². The summed E-state index contributed by atoms with van der Waals surface area (Å²) in [6.45, 7) is 9.15. The van der Waals surface area contributed by atoms with Crippen molar-refractivity contribution in [3.05, 3.63) is 71.5 Å². The Kier molecular flexibility index (Phi) is 6.18. The lowest BCUT2D eigenvalue weighted by Gasteiger charge is -2.31. The number of rotatable bonds is 6. The molecule has 2 aromatic rings. The van der Waals surface area contributed by atoms with Gasteiger partial charge < -0.3 is 10.2 Å². The van der Waals surface area contributed by atoms with Gasteiger partial charge in [0.2, 0.25) is 0 Å². The Morgan fingerprint density at radius 1 is 1.08 bits per heavy atom. The fourth-order valence-corrected chi connectivity index (χ4v) is 2.67. The predicted molar refractivity (Wildman–Crippen MR) is 99.9 cm³/mol. The molecule has 2 amide bonds. The molecule has 0 spiro atoms. The SMILES string of the molecule is CC(C)N(Cc1ccccc1)C(=O)NCC(C)(C)c1ccc(F)cc1. The molecule has 0 heterocycles.